The van der Waals surface area contributed by atoms with Gasteiger partial charge in [0, 0.05) is 11.0 Å². The van der Waals surface area contributed by atoms with Gasteiger partial charge in [-0.05, 0) is 62.2 Å². The first-order valence-electron chi connectivity index (χ1n) is 8.59. The monoisotopic (exact) mass is 416 g/mol. The molecule has 0 aliphatic carbocycles. The maximum absolute atomic E-state index is 12.0. The minimum Gasteiger partial charge on any atom is -0.455 e. The van der Waals surface area contributed by atoms with Crippen LogP contribution in [-0.4, -0.2) is 35.7 Å². The molecule has 26 heavy (non-hydrogen) atoms. The second kappa shape index (κ2) is 8.36. The van der Waals surface area contributed by atoms with E-state index in [1.54, 1.807) is 4.90 Å². The molecule has 0 spiro atoms. The van der Waals surface area contributed by atoms with Crippen LogP contribution < -0.4 is 4.74 Å². The van der Waals surface area contributed by atoms with Gasteiger partial charge in [-0.25, -0.2) is 9.78 Å². The lowest BCUT2D eigenvalue weighted by atomic mass is 10.1. The Morgan fingerprint density at radius 2 is 2.00 bits per heavy atom. The molecule has 5 nitrogen and oxygen atoms in total. The van der Waals surface area contributed by atoms with Crippen LogP contribution in [0.1, 0.15) is 24.7 Å². The van der Waals surface area contributed by atoms with Crippen LogP contribution in [0, 0.1) is 6.92 Å². The molecule has 0 unspecified atom stereocenters. The number of carbonyl (C=O) groups excluding carboxylic acids is 1. The van der Waals surface area contributed by atoms with E-state index < -0.39 is 0 Å². The lowest BCUT2D eigenvalue weighted by Gasteiger charge is -2.26. The summed E-state index contributed by atoms with van der Waals surface area (Å²) in [5, 5.41) is 0. The highest BCUT2D eigenvalue weighted by atomic mass is 79.9. The first-order chi connectivity index (χ1) is 12.6. The van der Waals surface area contributed by atoms with Crippen LogP contribution in [0.2, 0.25) is 0 Å². The zero-order valence-corrected chi connectivity index (χ0v) is 16.5. The van der Waals surface area contributed by atoms with Crippen molar-refractivity contribution in [2.75, 3.05) is 19.7 Å². The Balaban J connectivity index is 1.73. The smallest absolute Gasteiger partial charge is 0.410 e. The average molecular weight is 417 g/mol. The van der Waals surface area contributed by atoms with E-state index in [0.29, 0.717) is 19.7 Å². The van der Waals surface area contributed by atoms with Crippen molar-refractivity contribution in [1.82, 2.24) is 9.88 Å². The lowest BCUT2D eigenvalue weighted by Crippen LogP contribution is -2.36. The highest BCUT2D eigenvalue weighted by Gasteiger charge is 2.21. The Morgan fingerprint density at radius 1 is 1.23 bits per heavy atom. The molecule has 0 fully saturated rings. The van der Waals surface area contributed by atoms with Crippen LogP contribution in [0.5, 0.6) is 11.5 Å². The van der Waals surface area contributed by atoms with Gasteiger partial charge in [-0.1, -0.05) is 22.0 Å². The molecule has 0 N–H and O–H groups in total. The van der Waals surface area contributed by atoms with Gasteiger partial charge in [0.25, 0.3) is 0 Å². The van der Waals surface area contributed by atoms with E-state index in [-0.39, 0.29) is 6.09 Å². The highest BCUT2D eigenvalue weighted by molar-refractivity contribution is 9.10. The van der Waals surface area contributed by atoms with Crippen molar-refractivity contribution in [3.63, 3.8) is 0 Å². The zero-order chi connectivity index (χ0) is 18.5. The summed E-state index contributed by atoms with van der Waals surface area (Å²) >= 11 is 3.41. The van der Waals surface area contributed by atoms with Gasteiger partial charge in [0.1, 0.15) is 11.5 Å². The minimum atomic E-state index is -0.273. The highest BCUT2D eigenvalue weighted by Crippen LogP contribution is 2.28. The fraction of sp³-hybridized carbons (Fsp3) is 0.300. The van der Waals surface area contributed by atoms with E-state index in [9.17, 15) is 4.79 Å². The van der Waals surface area contributed by atoms with Crippen molar-refractivity contribution < 1.29 is 14.3 Å². The number of carbonyl (C=O) groups is 1. The molecule has 6 heteroatoms. The molecule has 0 saturated carbocycles. The Morgan fingerprint density at radius 3 is 2.69 bits per heavy atom. The van der Waals surface area contributed by atoms with Crippen molar-refractivity contribution in [2.45, 2.75) is 20.3 Å². The average Bonchev–Trinajstić information content (AvgIpc) is 2.65. The minimum absolute atomic E-state index is 0.273. The molecule has 3 rings (SSSR count). The van der Waals surface area contributed by atoms with E-state index in [0.717, 1.165) is 39.4 Å². The predicted molar refractivity (Wildman–Crippen MR) is 104 cm³/mol. The van der Waals surface area contributed by atoms with Crippen LogP contribution in [0.3, 0.4) is 0 Å². The van der Waals surface area contributed by atoms with E-state index in [4.69, 9.17) is 9.47 Å². The molecule has 0 bridgehead atoms. The third-order valence-corrected chi connectivity index (χ3v) is 4.61. The quantitative estimate of drug-likeness (QED) is 0.687. The molecule has 1 aliphatic heterocycles. The SMILES string of the molecule is CCOC(=O)N1CCC=C(c2ccc(Oc3ccc(Br)cc3)c(C)n2)C1. The topological polar surface area (TPSA) is 51.7 Å². The molecule has 2 aromatic rings. The van der Waals surface area contributed by atoms with E-state index in [1.165, 1.54) is 0 Å². The Hall–Kier alpha value is -2.34. The summed E-state index contributed by atoms with van der Waals surface area (Å²) in [6.45, 7) is 5.30. The van der Waals surface area contributed by atoms with Crippen LogP contribution in [0.25, 0.3) is 5.57 Å². The lowest BCUT2D eigenvalue weighted by molar-refractivity contribution is 0.111. The molecule has 1 amide bonds. The summed E-state index contributed by atoms with van der Waals surface area (Å²) in [6.07, 6.45) is 2.66. The Labute approximate surface area is 161 Å². The molecule has 0 saturated heterocycles. The predicted octanol–water partition coefficient (Wildman–Crippen LogP) is 5.19. The fourth-order valence-electron chi connectivity index (χ4n) is 2.76. The van der Waals surface area contributed by atoms with Crippen molar-refractivity contribution in [2.24, 2.45) is 0 Å². The Bertz CT molecular complexity index is 818. The Kier molecular flexibility index (Phi) is 5.93. The maximum Gasteiger partial charge on any atom is 0.410 e. The van der Waals surface area contributed by atoms with Crippen molar-refractivity contribution in [3.05, 3.63) is 58.3 Å². The largest absolute Gasteiger partial charge is 0.455 e. The van der Waals surface area contributed by atoms with Gasteiger partial charge >= 0.3 is 6.09 Å². The summed E-state index contributed by atoms with van der Waals surface area (Å²) in [5.74, 6) is 1.48. The molecule has 1 aromatic carbocycles. The van der Waals surface area contributed by atoms with Crippen molar-refractivity contribution in [3.8, 4) is 11.5 Å². The van der Waals surface area contributed by atoms with Gasteiger partial charge in [0.05, 0.1) is 24.5 Å². The summed E-state index contributed by atoms with van der Waals surface area (Å²) in [5.41, 5.74) is 2.70. The molecule has 1 aromatic heterocycles. The summed E-state index contributed by atoms with van der Waals surface area (Å²) < 4.78 is 12.0. The molecule has 1 aliphatic rings. The molecule has 0 atom stereocenters. The van der Waals surface area contributed by atoms with Gasteiger partial charge in [0.15, 0.2) is 0 Å². The first-order valence-corrected chi connectivity index (χ1v) is 9.38. The molecule has 136 valence electrons. The van der Waals surface area contributed by atoms with Crippen LogP contribution in [0.4, 0.5) is 4.79 Å². The molecule has 2 heterocycles. The van der Waals surface area contributed by atoms with Crippen molar-refractivity contribution in [1.29, 1.82) is 0 Å². The number of aryl methyl sites for hydroxylation is 1. The maximum atomic E-state index is 12.0. The van der Waals surface area contributed by atoms with Crippen LogP contribution >= 0.6 is 15.9 Å². The van der Waals surface area contributed by atoms with Crippen molar-refractivity contribution >= 4 is 27.6 Å². The number of nitrogens with zero attached hydrogens (tertiary/aromatic N) is 2. The molecule has 0 radical (unpaired) electrons. The fourth-order valence-corrected chi connectivity index (χ4v) is 3.03. The third-order valence-electron chi connectivity index (χ3n) is 4.08. The third kappa shape index (κ3) is 4.43. The number of amides is 1. The molecular weight excluding hydrogens is 396 g/mol. The number of ether oxygens (including phenoxy) is 2. The van der Waals surface area contributed by atoms with Crippen LogP contribution in [0.15, 0.2) is 46.9 Å². The van der Waals surface area contributed by atoms with Gasteiger partial charge < -0.3 is 14.4 Å². The van der Waals surface area contributed by atoms with Gasteiger partial charge in [0.2, 0.25) is 0 Å². The number of hydrogen-bond donors (Lipinski definition) is 0. The number of halogens is 1. The second-order valence-electron chi connectivity index (χ2n) is 5.97. The number of hydrogen-bond acceptors (Lipinski definition) is 4. The standard InChI is InChI=1S/C20H21BrN2O3/c1-3-25-20(24)23-12-4-5-15(13-23)18-10-11-19(14(2)22-18)26-17-8-6-16(21)7-9-17/h5-11H,3-4,12-13H2,1-2H3. The zero-order valence-electron chi connectivity index (χ0n) is 14.9. The van der Waals surface area contributed by atoms with E-state index in [1.807, 2.05) is 50.2 Å². The summed E-state index contributed by atoms with van der Waals surface area (Å²) in [6, 6.07) is 11.5. The van der Waals surface area contributed by atoms with Gasteiger partial charge in [-0.3, -0.25) is 0 Å². The molecular formula is C20H21BrN2O3. The van der Waals surface area contributed by atoms with E-state index in [2.05, 4.69) is 27.0 Å². The van der Waals surface area contributed by atoms with Gasteiger partial charge in [-0.2, -0.15) is 0 Å². The second-order valence-corrected chi connectivity index (χ2v) is 6.89. The van der Waals surface area contributed by atoms with Gasteiger partial charge in [-0.15, -0.1) is 0 Å². The summed E-state index contributed by atoms with van der Waals surface area (Å²) in [4.78, 5) is 18.3. The van der Waals surface area contributed by atoms with Crippen LogP contribution in [-0.2, 0) is 4.74 Å². The first kappa shape index (κ1) is 18.5. The number of aromatic nitrogens is 1. The normalized spacial score (nSPS) is 14.0. The number of rotatable bonds is 4. The number of benzene rings is 1. The number of pyridine rings is 1. The summed E-state index contributed by atoms with van der Waals surface area (Å²) in [7, 11) is 0. The van der Waals surface area contributed by atoms with E-state index >= 15 is 0 Å².